The number of anilines is 2. The summed E-state index contributed by atoms with van der Waals surface area (Å²) < 4.78 is 32.8. The number of fused-ring (bicyclic) bond motifs is 3. The Morgan fingerprint density at radius 3 is 2.41 bits per heavy atom. The summed E-state index contributed by atoms with van der Waals surface area (Å²) in [5.41, 5.74) is 6.88. The third-order valence-corrected chi connectivity index (χ3v) is 8.23. The Morgan fingerprint density at radius 2 is 1.66 bits per heavy atom. The molecule has 1 aromatic heterocycles. The monoisotopic (exact) mass is 555 g/mol. The molecule has 1 N–H and O–H groups in total. The molecule has 3 aromatic carbocycles. The van der Waals surface area contributed by atoms with Crippen LogP contribution in [0, 0.1) is 11.6 Å². The van der Waals surface area contributed by atoms with Gasteiger partial charge in [-0.3, -0.25) is 4.90 Å². The molecule has 1 aliphatic heterocycles. The zero-order valence-electron chi connectivity index (χ0n) is 23.3. The van der Waals surface area contributed by atoms with Crippen LogP contribution >= 0.6 is 0 Å². The van der Waals surface area contributed by atoms with Crippen molar-refractivity contribution >= 4 is 11.6 Å². The minimum absolute atomic E-state index is 0.0942. The van der Waals surface area contributed by atoms with Gasteiger partial charge in [0.1, 0.15) is 0 Å². The second-order valence-corrected chi connectivity index (χ2v) is 10.8. The van der Waals surface area contributed by atoms with Crippen molar-refractivity contribution in [3.63, 3.8) is 0 Å². The van der Waals surface area contributed by atoms with Gasteiger partial charge in [-0.1, -0.05) is 42.5 Å². The molecule has 6 rings (SSSR count). The van der Waals surface area contributed by atoms with Crippen LogP contribution in [0.5, 0.6) is 0 Å². The Labute approximate surface area is 240 Å². The van der Waals surface area contributed by atoms with Crippen molar-refractivity contribution in [2.45, 2.75) is 18.8 Å². The Kier molecular flexibility index (Phi) is 8.32. The summed E-state index contributed by atoms with van der Waals surface area (Å²) in [7, 11) is 1.76. The fourth-order valence-electron chi connectivity index (χ4n) is 5.85. The third kappa shape index (κ3) is 6.30. The molecule has 212 valence electrons. The lowest BCUT2D eigenvalue weighted by molar-refractivity contribution is 0.0976. The topological polar surface area (TPSA) is 53.5 Å². The molecule has 0 spiro atoms. The van der Waals surface area contributed by atoms with Gasteiger partial charge in [-0.15, -0.1) is 0 Å². The van der Waals surface area contributed by atoms with Gasteiger partial charge in [0.15, 0.2) is 11.6 Å². The summed E-state index contributed by atoms with van der Waals surface area (Å²) in [5, 5.41) is 3.36. The molecule has 1 aliphatic carbocycles. The van der Waals surface area contributed by atoms with E-state index in [1.165, 1.54) is 17.7 Å². The number of methoxy groups -OCH3 is 1. The molecule has 0 radical (unpaired) electrons. The average molecular weight is 556 g/mol. The lowest BCUT2D eigenvalue weighted by Gasteiger charge is -2.34. The van der Waals surface area contributed by atoms with Crippen LogP contribution in [0.1, 0.15) is 28.2 Å². The Morgan fingerprint density at radius 1 is 0.902 bits per heavy atom. The summed E-state index contributed by atoms with van der Waals surface area (Å²) in [5.74, 6) is -1.23. The molecule has 0 saturated carbocycles. The number of piperazine rings is 1. The van der Waals surface area contributed by atoms with Crippen LogP contribution in [-0.4, -0.2) is 72.8 Å². The molecule has 4 aromatic rings. The van der Waals surface area contributed by atoms with Gasteiger partial charge < -0.3 is 15.0 Å². The van der Waals surface area contributed by atoms with Gasteiger partial charge in [0.05, 0.1) is 12.3 Å². The largest absolute Gasteiger partial charge is 0.383 e. The standard InChI is InChI=1S/C33H35F2N5O/c1-41-19-18-40-16-14-39(15-17-40)13-12-23-6-9-26(10-7-23)37-33-36-22-25-20-29(24-8-11-30(34)31(35)21-24)27-4-2-3-5-28(27)32(25)38-33/h2-11,21-22,29H,12-20H2,1H3,(H,36,37,38). The summed E-state index contributed by atoms with van der Waals surface area (Å²) >= 11 is 0. The first-order chi connectivity index (χ1) is 20.1. The fourth-order valence-corrected chi connectivity index (χ4v) is 5.85. The number of benzene rings is 3. The van der Waals surface area contributed by atoms with E-state index < -0.39 is 11.6 Å². The van der Waals surface area contributed by atoms with E-state index in [4.69, 9.17) is 9.72 Å². The van der Waals surface area contributed by atoms with E-state index in [1.807, 2.05) is 30.5 Å². The second-order valence-electron chi connectivity index (χ2n) is 10.8. The molecule has 1 unspecified atom stereocenters. The van der Waals surface area contributed by atoms with Gasteiger partial charge in [0.2, 0.25) is 5.95 Å². The highest BCUT2D eigenvalue weighted by atomic mass is 19.2. The molecule has 1 fully saturated rings. The van der Waals surface area contributed by atoms with E-state index in [0.717, 1.165) is 85.9 Å². The highest BCUT2D eigenvalue weighted by Crippen LogP contribution is 2.42. The summed E-state index contributed by atoms with van der Waals surface area (Å²) in [6, 6.07) is 20.7. The third-order valence-electron chi connectivity index (χ3n) is 8.23. The van der Waals surface area contributed by atoms with E-state index in [0.29, 0.717) is 12.4 Å². The highest BCUT2D eigenvalue weighted by Gasteiger charge is 2.28. The molecular weight excluding hydrogens is 520 g/mol. The van der Waals surface area contributed by atoms with Crippen LogP contribution in [0.3, 0.4) is 0 Å². The van der Waals surface area contributed by atoms with Gasteiger partial charge in [-0.05, 0) is 59.4 Å². The van der Waals surface area contributed by atoms with Crippen molar-refractivity contribution in [1.82, 2.24) is 19.8 Å². The van der Waals surface area contributed by atoms with Gasteiger partial charge in [-0.25, -0.2) is 18.7 Å². The molecule has 2 heterocycles. The van der Waals surface area contributed by atoms with Crippen molar-refractivity contribution in [2.75, 3.05) is 58.3 Å². The van der Waals surface area contributed by atoms with E-state index in [-0.39, 0.29) is 5.92 Å². The van der Waals surface area contributed by atoms with E-state index in [2.05, 4.69) is 44.4 Å². The van der Waals surface area contributed by atoms with E-state index in [1.54, 1.807) is 13.2 Å². The quantitative estimate of drug-likeness (QED) is 0.288. The predicted molar refractivity (Wildman–Crippen MR) is 158 cm³/mol. The van der Waals surface area contributed by atoms with E-state index >= 15 is 0 Å². The summed E-state index contributed by atoms with van der Waals surface area (Å²) in [6.07, 6.45) is 3.48. The second kappa shape index (κ2) is 12.4. The van der Waals surface area contributed by atoms with Crippen LogP contribution in [0.15, 0.2) is 72.9 Å². The molecule has 6 nitrogen and oxygen atoms in total. The summed E-state index contributed by atoms with van der Waals surface area (Å²) in [6.45, 7) is 7.27. The van der Waals surface area contributed by atoms with Crippen molar-refractivity contribution in [3.8, 4) is 11.3 Å². The first-order valence-corrected chi connectivity index (χ1v) is 14.3. The van der Waals surface area contributed by atoms with Gasteiger partial charge in [0, 0.05) is 69.7 Å². The summed E-state index contributed by atoms with van der Waals surface area (Å²) in [4.78, 5) is 14.5. The Bertz CT molecular complexity index is 1490. The van der Waals surface area contributed by atoms with E-state index in [9.17, 15) is 8.78 Å². The van der Waals surface area contributed by atoms with Gasteiger partial charge in [0.25, 0.3) is 0 Å². The normalized spacial score (nSPS) is 17.2. The number of hydrogen-bond acceptors (Lipinski definition) is 6. The first-order valence-electron chi connectivity index (χ1n) is 14.3. The number of nitrogens with one attached hydrogen (secondary N) is 1. The number of nitrogens with zero attached hydrogens (tertiary/aromatic N) is 4. The Hall–Kier alpha value is -3.72. The lowest BCUT2D eigenvalue weighted by Crippen LogP contribution is -2.47. The molecule has 2 aliphatic rings. The highest BCUT2D eigenvalue weighted by molar-refractivity contribution is 5.73. The van der Waals surface area contributed by atoms with Crippen LogP contribution < -0.4 is 5.32 Å². The van der Waals surface area contributed by atoms with Gasteiger partial charge in [-0.2, -0.15) is 0 Å². The number of aromatic nitrogens is 2. The van der Waals surface area contributed by atoms with Crippen molar-refractivity contribution < 1.29 is 13.5 Å². The van der Waals surface area contributed by atoms with Crippen LogP contribution in [-0.2, 0) is 17.6 Å². The number of rotatable bonds is 9. The molecular formula is C33H35F2N5O. The minimum atomic E-state index is -0.835. The SMILES string of the molecule is COCCN1CCN(CCc2ccc(Nc3ncc4c(n3)-c3ccccc3C(c3ccc(F)c(F)c3)C4)cc2)CC1. The number of halogens is 2. The van der Waals surface area contributed by atoms with Crippen molar-refractivity contribution in [1.29, 1.82) is 0 Å². The average Bonchev–Trinajstić information content (AvgIpc) is 3.01. The molecule has 41 heavy (non-hydrogen) atoms. The molecule has 8 heteroatoms. The fraction of sp³-hybridized carbons (Fsp3) is 0.333. The maximum atomic E-state index is 14.1. The minimum Gasteiger partial charge on any atom is -0.383 e. The van der Waals surface area contributed by atoms with Crippen LogP contribution in [0.4, 0.5) is 20.4 Å². The smallest absolute Gasteiger partial charge is 0.227 e. The molecule has 0 bridgehead atoms. The zero-order valence-corrected chi connectivity index (χ0v) is 23.3. The van der Waals surface area contributed by atoms with Crippen LogP contribution in [0.25, 0.3) is 11.3 Å². The lowest BCUT2D eigenvalue weighted by atomic mass is 9.78. The number of ether oxygens (including phenoxy) is 1. The zero-order chi connectivity index (χ0) is 28.2. The predicted octanol–water partition coefficient (Wildman–Crippen LogP) is 5.66. The molecule has 1 atom stereocenters. The maximum absolute atomic E-state index is 14.1. The van der Waals surface area contributed by atoms with Crippen molar-refractivity contribution in [3.05, 3.63) is 107 Å². The first kappa shape index (κ1) is 27.4. The Balaban J connectivity index is 1.10. The van der Waals surface area contributed by atoms with Gasteiger partial charge >= 0.3 is 0 Å². The molecule has 1 saturated heterocycles. The maximum Gasteiger partial charge on any atom is 0.227 e. The number of hydrogen-bond donors (Lipinski definition) is 1. The molecule has 0 amide bonds. The van der Waals surface area contributed by atoms with Crippen molar-refractivity contribution in [2.24, 2.45) is 0 Å². The van der Waals surface area contributed by atoms with Crippen LogP contribution in [0.2, 0.25) is 0 Å².